The zero-order valence-electron chi connectivity index (χ0n) is 11.7. The van der Waals surface area contributed by atoms with Gasteiger partial charge in [-0.3, -0.25) is 0 Å². The summed E-state index contributed by atoms with van der Waals surface area (Å²) in [6.45, 7) is 11.0. The Morgan fingerprint density at radius 1 is 1.24 bits per heavy atom. The van der Waals surface area contributed by atoms with Crippen molar-refractivity contribution in [2.75, 3.05) is 19.3 Å². The van der Waals surface area contributed by atoms with Crippen molar-refractivity contribution in [2.45, 2.75) is 39.7 Å². The topological polar surface area (TPSA) is 3.24 Å². The van der Waals surface area contributed by atoms with Gasteiger partial charge in [0.15, 0.2) is 0 Å². The highest BCUT2D eigenvalue weighted by atomic mass is 32.1. The van der Waals surface area contributed by atoms with Crippen molar-refractivity contribution in [1.82, 2.24) is 4.90 Å². The molecule has 1 aromatic carbocycles. The third-order valence-corrected chi connectivity index (χ3v) is 3.33. The molecule has 0 spiro atoms. The van der Waals surface area contributed by atoms with Crippen molar-refractivity contribution in [3.63, 3.8) is 0 Å². The maximum atomic E-state index is 4.26. The van der Waals surface area contributed by atoms with Crippen LogP contribution in [0.3, 0.4) is 0 Å². The lowest BCUT2D eigenvalue weighted by Crippen LogP contribution is -2.21. The fraction of sp³-hybridized carbons (Fsp3) is 0.600. The van der Waals surface area contributed by atoms with Gasteiger partial charge in [-0.2, -0.15) is 12.6 Å². The van der Waals surface area contributed by atoms with Crippen LogP contribution in [0.15, 0.2) is 18.2 Å². The van der Waals surface area contributed by atoms with E-state index in [0.717, 1.165) is 18.8 Å². The second kappa shape index (κ2) is 5.92. The number of hydrogen-bond donors (Lipinski definition) is 1. The molecule has 17 heavy (non-hydrogen) atoms. The van der Waals surface area contributed by atoms with Gasteiger partial charge >= 0.3 is 0 Å². The Kier molecular flexibility index (Phi) is 5.08. The predicted octanol–water partition coefficient (Wildman–Crippen LogP) is 3.65. The summed E-state index contributed by atoms with van der Waals surface area (Å²) in [5.41, 5.74) is 4.46. The van der Waals surface area contributed by atoms with Gasteiger partial charge in [-0.1, -0.05) is 39.0 Å². The number of benzene rings is 1. The molecule has 0 saturated heterocycles. The SMILES string of the molecule is Cc1cc(C(C)(C)C)ccc1CN(C)CCS. The predicted molar refractivity (Wildman–Crippen MR) is 80.1 cm³/mol. The van der Waals surface area contributed by atoms with Gasteiger partial charge in [-0.05, 0) is 36.1 Å². The van der Waals surface area contributed by atoms with Gasteiger partial charge in [0, 0.05) is 18.8 Å². The van der Waals surface area contributed by atoms with Gasteiger partial charge < -0.3 is 4.90 Å². The third kappa shape index (κ3) is 4.36. The molecule has 0 aliphatic heterocycles. The second-order valence-electron chi connectivity index (χ2n) is 5.85. The molecule has 0 aliphatic carbocycles. The van der Waals surface area contributed by atoms with Crippen molar-refractivity contribution in [3.8, 4) is 0 Å². The smallest absolute Gasteiger partial charge is 0.0233 e. The average molecular weight is 251 g/mol. The first-order valence-electron chi connectivity index (χ1n) is 6.24. The van der Waals surface area contributed by atoms with Crippen molar-refractivity contribution in [3.05, 3.63) is 34.9 Å². The van der Waals surface area contributed by atoms with Crippen molar-refractivity contribution in [2.24, 2.45) is 0 Å². The molecule has 1 aromatic rings. The minimum Gasteiger partial charge on any atom is -0.301 e. The summed E-state index contributed by atoms with van der Waals surface area (Å²) in [5, 5.41) is 0. The van der Waals surface area contributed by atoms with Crippen LogP contribution in [0.1, 0.15) is 37.5 Å². The molecule has 2 heteroatoms. The molecular formula is C15H25NS. The normalized spacial score (nSPS) is 12.2. The van der Waals surface area contributed by atoms with Gasteiger partial charge in [0.1, 0.15) is 0 Å². The fourth-order valence-corrected chi connectivity index (χ4v) is 2.22. The lowest BCUT2D eigenvalue weighted by molar-refractivity contribution is 0.348. The molecule has 96 valence electrons. The summed E-state index contributed by atoms with van der Waals surface area (Å²) in [6.07, 6.45) is 0. The monoisotopic (exact) mass is 251 g/mol. The quantitative estimate of drug-likeness (QED) is 0.799. The molecule has 0 amide bonds. The molecule has 0 bridgehead atoms. The van der Waals surface area contributed by atoms with Crippen LogP contribution in [-0.2, 0) is 12.0 Å². The van der Waals surface area contributed by atoms with E-state index in [4.69, 9.17) is 0 Å². The molecule has 0 fully saturated rings. The number of hydrogen-bond acceptors (Lipinski definition) is 2. The number of rotatable bonds is 4. The number of nitrogens with zero attached hydrogens (tertiary/aromatic N) is 1. The Morgan fingerprint density at radius 3 is 2.35 bits per heavy atom. The molecule has 0 aromatic heterocycles. The van der Waals surface area contributed by atoms with Crippen molar-refractivity contribution < 1.29 is 0 Å². The summed E-state index contributed by atoms with van der Waals surface area (Å²) in [6, 6.07) is 6.85. The van der Waals surface area contributed by atoms with E-state index in [1.807, 2.05) is 0 Å². The average Bonchev–Trinajstić information content (AvgIpc) is 2.20. The highest BCUT2D eigenvalue weighted by Gasteiger charge is 2.14. The number of aryl methyl sites for hydroxylation is 1. The van der Waals surface area contributed by atoms with Crippen LogP contribution in [0.2, 0.25) is 0 Å². The number of thiol groups is 1. The fourth-order valence-electron chi connectivity index (χ4n) is 1.88. The largest absolute Gasteiger partial charge is 0.301 e. The van der Waals surface area contributed by atoms with Crippen LogP contribution in [0.4, 0.5) is 0 Å². The van der Waals surface area contributed by atoms with E-state index in [0.29, 0.717) is 0 Å². The first-order valence-corrected chi connectivity index (χ1v) is 6.87. The lowest BCUT2D eigenvalue weighted by atomic mass is 9.85. The van der Waals surface area contributed by atoms with Crippen LogP contribution in [0, 0.1) is 6.92 Å². The molecule has 0 radical (unpaired) electrons. The summed E-state index contributed by atoms with van der Waals surface area (Å²) in [5.74, 6) is 0.912. The van der Waals surface area contributed by atoms with Crippen LogP contribution in [0.25, 0.3) is 0 Å². The molecule has 0 saturated carbocycles. The van der Waals surface area contributed by atoms with E-state index in [1.165, 1.54) is 16.7 Å². The van der Waals surface area contributed by atoms with Gasteiger partial charge in [0.05, 0.1) is 0 Å². The first-order chi connectivity index (χ1) is 7.84. The molecule has 0 unspecified atom stereocenters. The maximum absolute atomic E-state index is 4.26. The van der Waals surface area contributed by atoms with Crippen LogP contribution in [0.5, 0.6) is 0 Å². The van der Waals surface area contributed by atoms with Crippen molar-refractivity contribution >= 4 is 12.6 Å². The summed E-state index contributed by atoms with van der Waals surface area (Å²) >= 11 is 4.26. The van der Waals surface area contributed by atoms with Gasteiger partial charge in [0.25, 0.3) is 0 Å². The Bertz CT molecular complexity index is 366. The molecule has 0 aliphatic rings. The van der Waals surface area contributed by atoms with Crippen molar-refractivity contribution in [1.29, 1.82) is 0 Å². The minimum atomic E-state index is 0.236. The van der Waals surface area contributed by atoms with E-state index in [2.05, 4.69) is 70.5 Å². The summed E-state index contributed by atoms with van der Waals surface area (Å²) in [7, 11) is 2.15. The molecule has 1 nitrogen and oxygen atoms in total. The summed E-state index contributed by atoms with van der Waals surface area (Å²) in [4.78, 5) is 2.31. The van der Waals surface area contributed by atoms with Gasteiger partial charge in [0.2, 0.25) is 0 Å². The Balaban J connectivity index is 2.83. The van der Waals surface area contributed by atoms with E-state index < -0.39 is 0 Å². The van der Waals surface area contributed by atoms with Crippen LogP contribution < -0.4 is 0 Å². The standard InChI is InChI=1S/C15H25NS/c1-12-10-14(15(2,3)4)7-6-13(12)11-16(5)8-9-17/h6-7,10,17H,8-9,11H2,1-5H3. The molecule has 1 rings (SSSR count). The molecule has 0 atom stereocenters. The van der Waals surface area contributed by atoms with E-state index >= 15 is 0 Å². The Hall–Kier alpha value is -0.470. The lowest BCUT2D eigenvalue weighted by Gasteiger charge is -2.22. The van der Waals surface area contributed by atoms with E-state index in [-0.39, 0.29) is 5.41 Å². The minimum absolute atomic E-state index is 0.236. The van der Waals surface area contributed by atoms with E-state index in [9.17, 15) is 0 Å². The molecule has 0 N–H and O–H groups in total. The Morgan fingerprint density at radius 2 is 1.88 bits per heavy atom. The van der Waals surface area contributed by atoms with E-state index in [1.54, 1.807) is 0 Å². The highest BCUT2D eigenvalue weighted by molar-refractivity contribution is 7.80. The Labute approximate surface area is 112 Å². The third-order valence-electron chi connectivity index (χ3n) is 3.13. The summed E-state index contributed by atoms with van der Waals surface area (Å²) < 4.78 is 0. The second-order valence-corrected chi connectivity index (χ2v) is 6.30. The van der Waals surface area contributed by atoms with Gasteiger partial charge in [-0.25, -0.2) is 0 Å². The zero-order valence-corrected chi connectivity index (χ0v) is 12.6. The first kappa shape index (κ1) is 14.6. The van der Waals surface area contributed by atoms with Crippen LogP contribution >= 0.6 is 12.6 Å². The molecule has 0 heterocycles. The zero-order chi connectivity index (χ0) is 13.1. The molecular weight excluding hydrogens is 226 g/mol. The highest BCUT2D eigenvalue weighted by Crippen LogP contribution is 2.24. The van der Waals surface area contributed by atoms with Crippen LogP contribution in [-0.4, -0.2) is 24.2 Å². The maximum Gasteiger partial charge on any atom is 0.0233 e. The van der Waals surface area contributed by atoms with Gasteiger partial charge in [-0.15, -0.1) is 0 Å².